The van der Waals surface area contributed by atoms with Crippen LogP contribution < -0.4 is 0 Å². The molecular weight excluding hydrogens is 212 g/mol. The molecule has 0 spiro atoms. The second-order valence-electron chi connectivity index (χ2n) is 3.83. The summed E-state index contributed by atoms with van der Waals surface area (Å²) in [5.74, 6) is -1.36. The van der Waals surface area contributed by atoms with Crippen LogP contribution in [-0.4, -0.2) is 31.4 Å². The molecule has 1 unspecified atom stereocenters. The lowest BCUT2D eigenvalue weighted by molar-refractivity contribution is -0.163. The van der Waals surface area contributed by atoms with Crippen LogP contribution in [0.2, 0.25) is 0 Å². The zero-order valence-electron chi connectivity index (χ0n) is 9.58. The van der Waals surface area contributed by atoms with Gasteiger partial charge in [0, 0.05) is 6.42 Å². The minimum atomic E-state index is -1.29. The minimum absolute atomic E-state index is 0.202. The highest BCUT2D eigenvalue weighted by molar-refractivity contribution is 6.07. The molecule has 1 fully saturated rings. The third kappa shape index (κ3) is 2.23. The van der Waals surface area contributed by atoms with E-state index in [1.54, 1.807) is 6.92 Å². The van der Waals surface area contributed by atoms with Gasteiger partial charge in [0.1, 0.15) is 5.41 Å². The van der Waals surface area contributed by atoms with Gasteiger partial charge in [-0.1, -0.05) is 0 Å². The van der Waals surface area contributed by atoms with Crippen molar-refractivity contribution in [2.45, 2.75) is 32.6 Å². The Bertz CT molecular complexity index is 309. The number of carbonyl (C=O) groups excluding carboxylic acids is 3. The quantitative estimate of drug-likeness (QED) is 0.527. The Labute approximate surface area is 94.1 Å². The molecule has 0 amide bonds. The van der Waals surface area contributed by atoms with Gasteiger partial charge in [-0.2, -0.15) is 0 Å². The molecule has 0 N–H and O–H groups in total. The van der Waals surface area contributed by atoms with Gasteiger partial charge in [-0.05, 0) is 19.8 Å². The van der Waals surface area contributed by atoms with E-state index < -0.39 is 17.4 Å². The van der Waals surface area contributed by atoms with Crippen molar-refractivity contribution in [3.63, 3.8) is 0 Å². The van der Waals surface area contributed by atoms with Crippen LogP contribution in [0.15, 0.2) is 0 Å². The fraction of sp³-hybridized carbons (Fsp3) is 0.727. The molecule has 1 atom stereocenters. The molecule has 0 aromatic carbocycles. The van der Waals surface area contributed by atoms with Crippen molar-refractivity contribution in [1.82, 2.24) is 0 Å². The predicted octanol–water partition coefficient (Wildman–Crippen LogP) is 0.852. The number of Topliss-reactive ketones (excluding diaryl/α,β-unsaturated/α-hetero) is 1. The van der Waals surface area contributed by atoms with Crippen LogP contribution in [0, 0.1) is 5.41 Å². The van der Waals surface area contributed by atoms with Crippen molar-refractivity contribution in [3.05, 3.63) is 0 Å². The zero-order valence-corrected chi connectivity index (χ0v) is 9.58. The lowest BCUT2D eigenvalue weighted by Gasteiger charge is -2.22. The lowest BCUT2D eigenvalue weighted by atomic mass is 9.82. The standard InChI is InChI=1S/C11H16O5/c1-3-16-9(13)7-11(10(14)15-2)6-4-5-8(11)12/h3-7H2,1-2H3. The molecule has 1 rings (SSSR count). The normalized spacial score (nSPS) is 24.2. The van der Waals surface area contributed by atoms with Crippen molar-refractivity contribution in [2.75, 3.05) is 13.7 Å². The molecule has 1 aliphatic rings. The van der Waals surface area contributed by atoms with E-state index in [1.807, 2.05) is 0 Å². The van der Waals surface area contributed by atoms with Crippen LogP contribution in [0.5, 0.6) is 0 Å². The van der Waals surface area contributed by atoms with Crippen molar-refractivity contribution < 1.29 is 23.9 Å². The summed E-state index contributed by atoms with van der Waals surface area (Å²) in [6, 6.07) is 0. The largest absolute Gasteiger partial charge is 0.468 e. The molecule has 1 saturated carbocycles. The lowest BCUT2D eigenvalue weighted by Crippen LogP contribution is -2.38. The summed E-state index contributed by atoms with van der Waals surface area (Å²) in [7, 11) is 1.22. The summed E-state index contributed by atoms with van der Waals surface area (Å²) in [6.45, 7) is 1.92. The Morgan fingerprint density at radius 3 is 2.56 bits per heavy atom. The highest BCUT2D eigenvalue weighted by Gasteiger charge is 2.51. The smallest absolute Gasteiger partial charge is 0.319 e. The minimum Gasteiger partial charge on any atom is -0.468 e. The number of methoxy groups -OCH3 is 1. The molecular formula is C11H16O5. The number of carbonyl (C=O) groups is 3. The van der Waals surface area contributed by atoms with E-state index in [9.17, 15) is 14.4 Å². The fourth-order valence-electron chi connectivity index (χ4n) is 2.06. The summed E-state index contributed by atoms with van der Waals surface area (Å²) in [6.07, 6.45) is 1.12. The molecule has 0 radical (unpaired) electrons. The molecule has 0 heterocycles. The molecule has 0 saturated heterocycles. The van der Waals surface area contributed by atoms with E-state index in [4.69, 9.17) is 4.74 Å². The zero-order chi connectivity index (χ0) is 12.2. The molecule has 0 aromatic heterocycles. The number of ketones is 1. The van der Waals surface area contributed by atoms with E-state index in [0.29, 0.717) is 19.3 Å². The maximum atomic E-state index is 11.7. The van der Waals surface area contributed by atoms with Gasteiger partial charge in [-0.25, -0.2) is 0 Å². The topological polar surface area (TPSA) is 69.7 Å². The van der Waals surface area contributed by atoms with Crippen molar-refractivity contribution >= 4 is 17.7 Å². The Balaban J connectivity index is 2.84. The number of rotatable bonds is 4. The Hall–Kier alpha value is -1.39. The third-order valence-corrected chi connectivity index (χ3v) is 2.87. The van der Waals surface area contributed by atoms with E-state index in [1.165, 1.54) is 7.11 Å². The monoisotopic (exact) mass is 228 g/mol. The van der Waals surface area contributed by atoms with Gasteiger partial charge < -0.3 is 9.47 Å². The molecule has 1 aliphatic carbocycles. The Morgan fingerprint density at radius 1 is 1.44 bits per heavy atom. The van der Waals surface area contributed by atoms with Crippen LogP contribution in [0.3, 0.4) is 0 Å². The van der Waals surface area contributed by atoms with Crippen molar-refractivity contribution in [1.29, 1.82) is 0 Å². The SMILES string of the molecule is CCOC(=O)CC1(C(=O)OC)CCCC1=O. The second-order valence-corrected chi connectivity index (χ2v) is 3.83. The summed E-state index contributed by atoms with van der Waals surface area (Å²) in [4.78, 5) is 34.8. The van der Waals surface area contributed by atoms with Gasteiger partial charge >= 0.3 is 11.9 Å². The van der Waals surface area contributed by atoms with Gasteiger partial charge in [0.2, 0.25) is 0 Å². The van der Waals surface area contributed by atoms with Crippen LogP contribution >= 0.6 is 0 Å². The van der Waals surface area contributed by atoms with Gasteiger partial charge in [-0.3, -0.25) is 14.4 Å². The molecule has 90 valence electrons. The Morgan fingerprint density at radius 2 is 2.12 bits per heavy atom. The van der Waals surface area contributed by atoms with Crippen LogP contribution in [0.1, 0.15) is 32.6 Å². The van der Waals surface area contributed by atoms with Gasteiger partial charge in [0.25, 0.3) is 0 Å². The average Bonchev–Trinajstić information content (AvgIpc) is 2.60. The average molecular weight is 228 g/mol. The van der Waals surface area contributed by atoms with Crippen molar-refractivity contribution in [2.24, 2.45) is 5.41 Å². The fourth-order valence-corrected chi connectivity index (χ4v) is 2.06. The number of hydrogen-bond acceptors (Lipinski definition) is 5. The molecule has 0 aliphatic heterocycles. The van der Waals surface area contributed by atoms with Gasteiger partial charge in [0.15, 0.2) is 5.78 Å². The summed E-state index contributed by atoms with van der Waals surface area (Å²) in [5.41, 5.74) is -1.29. The second kappa shape index (κ2) is 5.09. The summed E-state index contributed by atoms with van der Waals surface area (Å²) < 4.78 is 9.39. The first-order chi connectivity index (χ1) is 7.56. The molecule has 5 heteroatoms. The Kier molecular flexibility index (Phi) is 4.04. The number of ether oxygens (including phenoxy) is 2. The summed E-state index contributed by atoms with van der Waals surface area (Å²) >= 11 is 0. The molecule has 0 aromatic rings. The van der Waals surface area contributed by atoms with E-state index >= 15 is 0 Å². The summed E-state index contributed by atoms with van der Waals surface area (Å²) in [5, 5.41) is 0. The maximum Gasteiger partial charge on any atom is 0.319 e. The first kappa shape index (κ1) is 12.7. The maximum absolute atomic E-state index is 11.7. The van der Waals surface area contributed by atoms with Gasteiger partial charge in [0.05, 0.1) is 20.1 Å². The van der Waals surface area contributed by atoms with Crippen molar-refractivity contribution in [3.8, 4) is 0 Å². The molecule has 5 nitrogen and oxygen atoms in total. The molecule has 16 heavy (non-hydrogen) atoms. The molecule has 0 bridgehead atoms. The first-order valence-corrected chi connectivity index (χ1v) is 5.34. The van der Waals surface area contributed by atoms with E-state index in [0.717, 1.165) is 0 Å². The van der Waals surface area contributed by atoms with Crippen LogP contribution in [-0.2, 0) is 23.9 Å². The van der Waals surface area contributed by atoms with Crippen LogP contribution in [0.4, 0.5) is 0 Å². The highest BCUT2D eigenvalue weighted by atomic mass is 16.5. The number of hydrogen-bond donors (Lipinski definition) is 0. The van der Waals surface area contributed by atoms with E-state index in [-0.39, 0.29) is 18.8 Å². The van der Waals surface area contributed by atoms with Crippen LogP contribution in [0.25, 0.3) is 0 Å². The number of esters is 2. The van der Waals surface area contributed by atoms with Gasteiger partial charge in [-0.15, -0.1) is 0 Å². The first-order valence-electron chi connectivity index (χ1n) is 5.34. The predicted molar refractivity (Wildman–Crippen MR) is 54.6 cm³/mol. The third-order valence-electron chi connectivity index (χ3n) is 2.87. The van der Waals surface area contributed by atoms with E-state index in [2.05, 4.69) is 4.74 Å². The highest BCUT2D eigenvalue weighted by Crippen LogP contribution is 2.39.